The van der Waals surface area contributed by atoms with Crippen LogP contribution in [-0.2, 0) is 54.3 Å². The van der Waals surface area contributed by atoms with E-state index in [0.717, 1.165) is 35.5 Å². The average Bonchev–Trinajstić information content (AvgIpc) is 3.70. The van der Waals surface area contributed by atoms with Crippen LogP contribution in [0.3, 0.4) is 0 Å². The van der Waals surface area contributed by atoms with Crippen molar-refractivity contribution < 1.29 is 66.7 Å². The van der Waals surface area contributed by atoms with Crippen molar-refractivity contribution in [2.45, 2.75) is 71.5 Å². The number of benzene rings is 2. The molecule has 18 nitrogen and oxygen atoms in total. The lowest BCUT2D eigenvalue weighted by molar-refractivity contribution is -0.141. The first-order valence-corrected chi connectivity index (χ1v) is 24.0. The fraction of sp³-hybridized carbons (Fsp3) is 0.542. The Hall–Kier alpha value is -5.45. The highest BCUT2D eigenvalue weighted by molar-refractivity contribution is 8.00. The standard InChI is InChI=1S/C48H68F2N6O12S/c1-48(2,3)46(40-28-35(37-29-36(49)10-11-38(37)50)31-55(40)30-34-8-5-4-6-9-34)56(19-7-16-51)44(60)33-69-32-39(47(63)64)54-43(59)15-20-65-22-24-67-26-27-68-25-23-66-21-18-53-42(58)14-17-52-41(57)12-13-45(61)62/h4-6,8-11,28-29,31,39,46H,7,12-27,30,32-33,51H2,1-3H3,(H,52,57)(H,53,58)(H,54,59)(H,61,62)(H,63,64)/t39-,46-/m0/s1. The van der Waals surface area contributed by atoms with E-state index in [1.54, 1.807) is 17.2 Å². The summed E-state index contributed by atoms with van der Waals surface area (Å²) < 4.78 is 53.2. The van der Waals surface area contributed by atoms with Gasteiger partial charge in [-0.2, -0.15) is 0 Å². The summed E-state index contributed by atoms with van der Waals surface area (Å²) in [4.78, 5) is 74.5. The molecule has 21 heteroatoms. The number of nitrogens with one attached hydrogen (secondary N) is 3. The van der Waals surface area contributed by atoms with Crippen molar-refractivity contribution >= 4 is 47.3 Å². The number of nitrogens with zero attached hydrogens (tertiary/aromatic N) is 2. The van der Waals surface area contributed by atoms with Crippen LogP contribution in [0.5, 0.6) is 0 Å². The summed E-state index contributed by atoms with van der Waals surface area (Å²) in [5.41, 5.74) is 7.57. The Bertz CT molecular complexity index is 2070. The van der Waals surface area contributed by atoms with E-state index in [1.807, 2.05) is 55.7 Å². The van der Waals surface area contributed by atoms with E-state index in [1.165, 1.54) is 0 Å². The van der Waals surface area contributed by atoms with Crippen LogP contribution in [0.15, 0.2) is 60.8 Å². The molecule has 2 aromatic carbocycles. The number of nitrogens with two attached hydrogens (primary N) is 1. The zero-order valence-corrected chi connectivity index (χ0v) is 40.5. The second-order valence-electron chi connectivity index (χ2n) is 16.9. The van der Waals surface area contributed by atoms with Gasteiger partial charge in [-0.25, -0.2) is 13.6 Å². The minimum atomic E-state index is -1.27. The van der Waals surface area contributed by atoms with Crippen molar-refractivity contribution in [2.75, 3.05) is 90.5 Å². The van der Waals surface area contributed by atoms with E-state index in [-0.39, 0.29) is 107 Å². The lowest BCUT2D eigenvalue weighted by Crippen LogP contribution is -2.45. The van der Waals surface area contributed by atoms with Crippen LogP contribution in [0.4, 0.5) is 8.78 Å². The number of rotatable bonds is 35. The number of carboxylic acid groups (broad SMARTS) is 2. The molecule has 4 amide bonds. The highest BCUT2D eigenvalue weighted by Gasteiger charge is 2.37. The summed E-state index contributed by atoms with van der Waals surface area (Å²) in [6, 6.07) is 12.9. The fourth-order valence-corrected chi connectivity index (χ4v) is 7.88. The summed E-state index contributed by atoms with van der Waals surface area (Å²) in [7, 11) is 0. The van der Waals surface area contributed by atoms with Crippen LogP contribution in [0, 0.1) is 17.0 Å². The quantitative estimate of drug-likeness (QED) is 0.0457. The lowest BCUT2D eigenvalue weighted by Gasteiger charge is -2.41. The third-order valence-electron chi connectivity index (χ3n) is 10.2. The first-order chi connectivity index (χ1) is 33.0. The van der Waals surface area contributed by atoms with Crippen LogP contribution >= 0.6 is 11.8 Å². The maximum absolute atomic E-state index is 15.1. The molecule has 0 aliphatic heterocycles. The van der Waals surface area contributed by atoms with Crippen LogP contribution in [-0.4, -0.2) is 152 Å². The van der Waals surface area contributed by atoms with Gasteiger partial charge in [-0.3, -0.25) is 24.0 Å². The van der Waals surface area contributed by atoms with Gasteiger partial charge in [0.25, 0.3) is 0 Å². The topological polar surface area (TPSA) is 250 Å². The maximum atomic E-state index is 15.1. The molecule has 382 valence electrons. The second kappa shape index (κ2) is 31.6. The molecule has 0 aliphatic rings. The van der Waals surface area contributed by atoms with Gasteiger partial charge in [-0.1, -0.05) is 51.1 Å². The molecule has 3 rings (SSSR count). The number of ether oxygens (including phenoxy) is 4. The smallest absolute Gasteiger partial charge is 0.327 e. The molecule has 0 spiro atoms. The summed E-state index contributed by atoms with van der Waals surface area (Å²) in [6.07, 6.45) is 1.78. The first-order valence-electron chi connectivity index (χ1n) is 22.8. The zero-order valence-electron chi connectivity index (χ0n) is 39.7. The van der Waals surface area contributed by atoms with Crippen molar-refractivity contribution in [3.05, 3.63) is 83.7 Å². The molecule has 0 saturated heterocycles. The Kier molecular flexibility index (Phi) is 26.5. The number of amides is 4. The third kappa shape index (κ3) is 22.7. The van der Waals surface area contributed by atoms with Crippen molar-refractivity contribution in [3.8, 4) is 11.1 Å². The predicted octanol–water partition coefficient (Wildman–Crippen LogP) is 3.99. The van der Waals surface area contributed by atoms with E-state index in [9.17, 15) is 38.3 Å². The number of halogens is 2. The van der Waals surface area contributed by atoms with Crippen molar-refractivity contribution in [3.63, 3.8) is 0 Å². The lowest BCUT2D eigenvalue weighted by atomic mass is 9.83. The Labute approximate surface area is 406 Å². The van der Waals surface area contributed by atoms with Gasteiger partial charge in [0.15, 0.2) is 0 Å². The number of aromatic nitrogens is 1. The van der Waals surface area contributed by atoms with Crippen molar-refractivity contribution in [1.29, 1.82) is 0 Å². The monoisotopic (exact) mass is 990 g/mol. The largest absolute Gasteiger partial charge is 0.481 e. The van der Waals surface area contributed by atoms with Gasteiger partial charge in [0.2, 0.25) is 23.6 Å². The fourth-order valence-electron chi connectivity index (χ4n) is 6.96. The number of hydrogen-bond donors (Lipinski definition) is 6. The van der Waals surface area contributed by atoms with Crippen LogP contribution in [0.1, 0.15) is 70.2 Å². The molecule has 7 N–H and O–H groups in total. The molecular formula is C48H68F2N6O12S. The highest BCUT2D eigenvalue weighted by Crippen LogP contribution is 2.41. The van der Waals surface area contributed by atoms with E-state index in [2.05, 4.69) is 16.0 Å². The summed E-state index contributed by atoms with van der Waals surface area (Å²) in [6.45, 7) is 9.22. The van der Waals surface area contributed by atoms with Crippen LogP contribution < -0.4 is 21.7 Å². The van der Waals surface area contributed by atoms with E-state index >= 15 is 4.39 Å². The predicted molar refractivity (Wildman–Crippen MR) is 255 cm³/mol. The van der Waals surface area contributed by atoms with Gasteiger partial charge in [0.05, 0.1) is 71.1 Å². The van der Waals surface area contributed by atoms with E-state index in [4.69, 9.17) is 29.8 Å². The number of aliphatic carboxylic acids is 2. The van der Waals surface area contributed by atoms with Crippen LogP contribution in [0.2, 0.25) is 0 Å². The number of carboxylic acids is 2. The molecule has 1 heterocycles. The number of carbonyl (C=O) groups is 6. The molecule has 0 aliphatic carbocycles. The van der Waals surface area contributed by atoms with Crippen molar-refractivity contribution in [2.24, 2.45) is 11.1 Å². The molecule has 2 atom stereocenters. The Balaban J connectivity index is 1.39. The summed E-state index contributed by atoms with van der Waals surface area (Å²) in [5.74, 6) is -5.21. The molecular weight excluding hydrogens is 923 g/mol. The molecule has 1 aromatic heterocycles. The molecule has 0 bridgehead atoms. The first kappa shape index (κ1) is 57.9. The molecule has 69 heavy (non-hydrogen) atoms. The van der Waals surface area contributed by atoms with Gasteiger partial charge < -0.3 is 60.3 Å². The number of thioether (sulfide) groups is 1. The number of carbonyl (C=O) groups excluding carboxylic acids is 4. The molecule has 0 unspecified atom stereocenters. The number of hydrogen-bond acceptors (Lipinski definition) is 12. The Morgan fingerprint density at radius 1 is 0.768 bits per heavy atom. The molecule has 0 radical (unpaired) electrons. The van der Waals surface area contributed by atoms with E-state index < -0.39 is 52.9 Å². The van der Waals surface area contributed by atoms with Gasteiger partial charge in [-0.05, 0) is 48.2 Å². The molecule has 0 saturated carbocycles. The zero-order chi connectivity index (χ0) is 50.6. The Morgan fingerprint density at radius 2 is 1.39 bits per heavy atom. The minimum Gasteiger partial charge on any atom is -0.481 e. The molecule has 3 aromatic rings. The highest BCUT2D eigenvalue weighted by atomic mass is 32.2. The van der Waals surface area contributed by atoms with Gasteiger partial charge in [-0.15, -0.1) is 11.8 Å². The summed E-state index contributed by atoms with van der Waals surface area (Å²) >= 11 is 1.08. The molecule has 0 fully saturated rings. The van der Waals surface area contributed by atoms with Crippen LogP contribution in [0.25, 0.3) is 11.1 Å². The average molecular weight is 991 g/mol. The third-order valence-corrected chi connectivity index (χ3v) is 11.3. The van der Waals surface area contributed by atoms with Gasteiger partial charge in [0, 0.05) is 74.2 Å². The Morgan fingerprint density at radius 3 is 2.01 bits per heavy atom. The maximum Gasteiger partial charge on any atom is 0.327 e. The summed E-state index contributed by atoms with van der Waals surface area (Å²) in [5, 5.41) is 26.1. The second-order valence-corrected chi connectivity index (χ2v) is 17.9. The van der Waals surface area contributed by atoms with Gasteiger partial charge in [0.1, 0.15) is 17.7 Å². The van der Waals surface area contributed by atoms with Gasteiger partial charge >= 0.3 is 11.9 Å². The normalized spacial score (nSPS) is 12.3. The SMILES string of the molecule is CC(C)(C)[C@H](c1cc(-c2cc(F)ccc2F)cn1Cc1ccccc1)N(CCCN)C(=O)CSC[C@H](NC(=O)CCOCCOCCOCCOCCNC(=O)CCNC(=O)CCC(=O)O)C(=O)O. The van der Waals surface area contributed by atoms with E-state index in [0.29, 0.717) is 50.6 Å². The minimum absolute atomic E-state index is 0.0243. The van der Waals surface area contributed by atoms with Crippen molar-refractivity contribution in [1.82, 2.24) is 25.4 Å².